The van der Waals surface area contributed by atoms with Crippen molar-refractivity contribution in [3.05, 3.63) is 64.1 Å². The van der Waals surface area contributed by atoms with E-state index in [1.54, 1.807) is 0 Å². The number of rotatable bonds is 13. The molecule has 6 heteroatoms. The van der Waals surface area contributed by atoms with E-state index in [1.165, 1.54) is 0 Å². The maximum Gasteiger partial charge on any atom is 0.220 e. The van der Waals surface area contributed by atoms with Crippen molar-refractivity contribution in [2.75, 3.05) is 26.4 Å². The maximum atomic E-state index is 12.0. The van der Waals surface area contributed by atoms with Gasteiger partial charge in [0.25, 0.3) is 0 Å². The number of carbonyl (C=O) groups is 1. The van der Waals surface area contributed by atoms with Gasteiger partial charge in [-0.15, -0.1) is 0 Å². The van der Waals surface area contributed by atoms with Crippen LogP contribution in [0, 0.1) is 0 Å². The fraction of sp³-hybridized carbons (Fsp3) is 0.409. The Hall–Kier alpha value is -1.89. The van der Waals surface area contributed by atoms with Crippen molar-refractivity contribution in [1.29, 1.82) is 0 Å². The fourth-order valence-electron chi connectivity index (χ4n) is 2.55. The number of nitrogens with one attached hydrogen (secondary N) is 1. The second-order valence-corrected chi connectivity index (χ2v) is 7.17. The van der Waals surface area contributed by atoms with E-state index in [0.29, 0.717) is 52.4 Å². The van der Waals surface area contributed by atoms with Crippen LogP contribution >= 0.6 is 15.9 Å². The molecule has 2 aromatic carbocycles. The summed E-state index contributed by atoms with van der Waals surface area (Å²) in [6.07, 6.45) is 1.11. The molecule has 0 bridgehead atoms. The van der Waals surface area contributed by atoms with E-state index < -0.39 is 0 Å². The second-order valence-electron chi connectivity index (χ2n) is 6.26. The Labute approximate surface area is 175 Å². The van der Waals surface area contributed by atoms with Crippen molar-refractivity contribution in [2.24, 2.45) is 0 Å². The van der Waals surface area contributed by atoms with Gasteiger partial charge in [-0.3, -0.25) is 4.79 Å². The molecule has 1 N–H and O–H groups in total. The van der Waals surface area contributed by atoms with Crippen molar-refractivity contribution < 1.29 is 19.0 Å². The Kier molecular flexibility index (Phi) is 10.7. The first-order valence-electron chi connectivity index (χ1n) is 9.55. The molecule has 2 rings (SSSR count). The average Bonchev–Trinajstić information content (AvgIpc) is 2.70. The molecule has 0 unspecified atom stereocenters. The minimum atomic E-state index is 0.0243. The molecule has 0 fully saturated rings. The van der Waals surface area contributed by atoms with Crippen LogP contribution in [0.3, 0.4) is 0 Å². The summed E-state index contributed by atoms with van der Waals surface area (Å²) in [6.45, 7) is 5.43. The van der Waals surface area contributed by atoms with Crippen LogP contribution in [0.2, 0.25) is 0 Å². The zero-order valence-corrected chi connectivity index (χ0v) is 17.9. The first-order chi connectivity index (χ1) is 13.7. The molecule has 2 aromatic rings. The average molecular weight is 450 g/mol. The van der Waals surface area contributed by atoms with Gasteiger partial charge in [0, 0.05) is 24.0 Å². The van der Waals surface area contributed by atoms with E-state index >= 15 is 0 Å². The van der Waals surface area contributed by atoms with Crippen LogP contribution in [0.4, 0.5) is 0 Å². The van der Waals surface area contributed by atoms with Crippen LogP contribution in [-0.2, 0) is 27.4 Å². The molecule has 5 nitrogen and oxygen atoms in total. The van der Waals surface area contributed by atoms with E-state index in [0.717, 1.165) is 21.3 Å². The molecule has 0 aromatic heterocycles. The third kappa shape index (κ3) is 9.35. The third-order valence-electron chi connectivity index (χ3n) is 3.94. The minimum Gasteiger partial charge on any atom is -0.494 e. The number of hydrogen-bond donors (Lipinski definition) is 1. The lowest BCUT2D eigenvalue weighted by Gasteiger charge is -2.09. The number of halogens is 1. The number of amides is 1. The lowest BCUT2D eigenvalue weighted by Crippen LogP contribution is -2.23. The van der Waals surface area contributed by atoms with Gasteiger partial charge in [-0.1, -0.05) is 46.3 Å². The molecule has 0 aliphatic carbocycles. The fourth-order valence-corrected chi connectivity index (χ4v) is 2.93. The summed E-state index contributed by atoms with van der Waals surface area (Å²) in [5.41, 5.74) is 2.15. The molecule has 0 saturated carbocycles. The van der Waals surface area contributed by atoms with Crippen LogP contribution in [0.1, 0.15) is 30.9 Å². The molecule has 0 aliphatic heterocycles. The van der Waals surface area contributed by atoms with Crippen molar-refractivity contribution in [3.63, 3.8) is 0 Å². The van der Waals surface area contributed by atoms with Crippen LogP contribution in [0.25, 0.3) is 0 Å². The zero-order chi connectivity index (χ0) is 20.0. The topological polar surface area (TPSA) is 56.8 Å². The second kappa shape index (κ2) is 13.3. The molecule has 0 aliphatic rings. The van der Waals surface area contributed by atoms with Gasteiger partial charge in [0.15, 0.2) is 0 Å². The molecule has 0 radical (unpaired) electrons. The molecule has 0 atom stereocenters. The largest absolute Gasteiger partial charge is 0.494 e. The van der Waals surface area contributed by atoms with Gasteiger partial charge in [0.05, 0.1) is 26.4 Å². The Balaban J connectivity index is 1.62. The van der Waals surface area contributed by atoms with Crippen LogP contribution in [0.15, 0.2) is 53.0 Å². The highest BCUT2D eigenvalue weighted by molar-refractivity contribution is 9.10. The monoisotopic (exact) mass is 449 g/mol. The quantitative estimate of drug-likeness (QED) is 0.458. The van der Waals surface area contributed by atoms with Crippen LogP contribution < -0.4 is 10.1 Å². The first kappa shape index (κ1) is 22.4. The Bertz CT molecular complexity index is 723. The molecule has 28 heavy (non-hydrogen) atoms. The third-order valence-corrected chi connectivity index (χ3v) is 4.43. The van der Waals surface area contributed by atoms with Gasteiger partial charge in [0.1, 0.15) is 5.75 Å². The maximum absolute atomic E-state index is 12.0. The minimum absolute atomic E-state index is 0.0243. The Morgan fingerprint density at radius 1 is 1.00 bits per heavy atom. The molecule has 152 valence electrons. The van der Waals surface area contributed by atoms with E-state index in [1.807, 2.05) is 49.4 Å². The first-order valence-corrected chi connectivity index (χ1v) is 10.3. The molecular weight excluding hydrogens is 422 g/mol. The molecule has 1 amide bonds. The number of benzene rings is 2. The summed E-state index contributed by atoms with van der Waals surface area (Å²) in [5, 5.41) is 2.96. The van der Waals surface area contributed by atoms with E-state index in [2.05, 4.69) is 27.3 Å². The summed E-state index contributed by atoms with van der Waals surface area (Å²) in [6, 6.07) is 15.7. The Morgan fingerprint density at radius 2 is 1.79 bits per heavy atom. The zero-order valence-electron chi connectivity index (χ0n) is 16.3. The number of ether oxygens (including phenoxy) is 3. The van der Waals surface area contributed by atoms with Gasteiger partial charge in [-0.25, -0.2) is 0 Å². The van der Waals surface area contributed by atoms with Crippen molar-refractivity contribution in [3.8, 4) is 5.75 Å². The predicted octanol–water partition coefficient (Wildman–Crippen LogP) is 4.48. The van der Waals surface area contributed by atoms with E-state index in [4.69, 9.17) is 14.2 Å². The summed E-state index contributed by atoms with van der Waals surface area (Å²) >= 11 is 3.41. The van der Waals surface area contributed by atoms with Gasteiger partial charge in [-0.2, -0.15) is 0 Å². The van der Waals surface area contributed by atoms with Gasteiger partial charge in [-0.05, 0) is 42.7 Å². The van der Waals surface area contributed by atoms with E-state index in [-0.39, 0.29) is 5.91 Å². The lowest BCUT2D eigenvalue weighted by atomic mass is 10.1. The standard InChI is InChI=1S/C22H28BrNO4/c1-2-26-12-13-27-17-19-7-3-6-18(14-19)16-24-22(25)10-5-11-28-21-9-4-8-20(23)15-21/h3-4,6-9,14-15H,2,5,10-13,16-17H2,1H3,(H,24,25). The number of hydrogen-bond acceptors (Lipinski definition) is 4. The van der Waals surface area contributed by atoms with Crippen molar-refractivity contribution in [1.82, 2.24) is 5.32 Å². The summed E-state index contributed by atoms with van der Waals surface area (Å²) in [4.78, 5) is 12.0. The highest BCUT2D eigenvalue weighted by Crippen LogP contribution is 2.17. The molecule has 0 heterocycles. The highest BCUT2D eigenvalue weighted by Gasteiger charge is 2.03. The molecule has 0 saturated heterocycles. The molecule has 0 spiro atoms. The Morgan fingerprint density at radius 3 is 2.61 bits per heavy atom. The predicted molar refractivity (Wildman–Crippen MR) is 113 cm³/mol. The lowest BCUT2D eigenvalue weighted by molar-refractivity contribution is -0.121. The normalized spacial score (nSPS) is 10.6. The number of carbonyl (C=O) groups excluding carboxylic acids is 1. The SMILES string of the molecule is CCOCCOCc1cccc(CNC(=O)CCCOc2cccc(Br)c2)c1. The summed E-state index contributed by atoms with van der Waals surface area (Å²) in [7, 11) is 0. The summed E-state index contributed by atoms with van der Waals surface area (Å²) < 4.78 is 17.5. The van der Waals surface area contributed by atoms with Crippen LogP contribution in [-0.4, -0.2) is 32.3 Å². The van der Waals surface area contributed by atoms with Gasteiger partial charge < -0.3 is 19.5 Å². The van der Waals surface area contributed by atoms with E-state index in [9.17, 15) is 4.79 Å². The van der Waals surface area contributed by atoms with Gasteiger partial charge in [0.2, 0.25) is 5.91 Å². The summed E-state index contributed by atoms with van der Waals surface area (Å²) in [5.74, 6) is 0.825. The van der Waals surface area contributed by atoms with Gasteiger partial charge >= 0.3 is 0 Å². The highest BCUT2D eigenvalue weighted by atomic mass is 79.9. The van der Waals surface area contributed by atoms with Crippen molar-refractivity contribution >= 4 is 21.8 Å². The van der Waals surface area contributed by atoms with Crippen LogP contribution in [0.5, 0.6) is 5.75 Å². The van der Waals surface area contributed by atoms with Crippen molar-refractivity contribution in [2.45, 2.75) is 32.9 Å². The smallest absolute Gasteiger partial charge is 0.220 e. The molecular formula is C22H28BrNO4.